The van der Waals surface area contributed by atoms with Gasteiger partial charge in [-0.15, -0.1) is 0 Å². The van der Waals surface area contributed by atoms with Crippen LogP contribution >= 0.6 is 0 Å². The Morgan fingerprint density at radius 1 is 1.00 bits per heavy atom. The predicted octanol–water partition coefficient (Wildman–Crippen LogP) is 2.71. The van der Waals surface area contributed by atoms with Crippen molar-refractivity contribution in [2.75, 3.05) is 6.61 Å². The first kappa shape index (κ1) is 21.0. The van der Waals surface area contributed by atoms with Crippen LogP contribution in [0.5, 0.6) is 0 Å². The molecule has 3 aromatic rings. The fourth-order valence-electron chi connectivity index (χ4n) is 4.03. The molecule has 32 heavy (non-hydrogen) atoms. The molecule has 1 aliphatic carbocycles. The number of carbonyl (C=O) groups is 3. The zero-order valence-corrected chi connectivity index (χ0v) is 17.0. The molecule has 0 saturated heterocycles. The Hall–Kier alpha value is -4.20. The van der Waals surface area contributed by atoms with Crippen LogP contribution in [-0.2, 0) is 16.0 Å². The summed E-state index contributed by atoms with van der Waals surface area (Å²) in [6, 6.07) is 17.6. The van der Waals surface area contributed by atoms with Crippen LogP contribution in [0, 0.1) is 0 Å². The standard InChI is InChI=1S/C24H21N3O5/c25-22(28)21-14(6-5-11-26-21)12-20(23(29)30)27-24(31)32-13-19-17-9-3-1-7-15(17)16-8-2-4-10-18(16)19/h1-11,19-20H,12-13H2,(H2,25,28)(H,27,31)(H,29,30)/t20-/m0/s1. The number of carboxylic acid groups (broad SMARTS) is 1. The Balaban J connectivity index is 1.45. The van der Waals surface area contributed by atoms with Crippen molar-refractivity contribution in [1.29, 1.82) is 0 Å². The Bertz CT molecular complexity index is 1150. The van der Waals surface area contributed by atoms with Gasteiger partial charge >= 0.3 is 12.1 Å². The number of nitrogens with zero attached hydrogens (tertiary/aromatic N) is 1. The van der Waals surface area contributed by atoms with E-state index in [0.29, 0.717) is 5.56 Å². The number of primary amides is 1. The first-order chi connectivity index (χ1) is 15.5. The third-order valence-electron chi connectivity index (χ3n) is 5.48. The molecule has 0 radical (unpaired) electrons. The number of hydrogen-bond acceptors (Lipinski definition) is 5. The summed E-state index contributed by atoms with van der Waals surface area (Å²) in [4.78, 5) is 39.6. The molecule has 1 atom stereocenters. The average Bonchev–Trinajstić information content (AvgIpc) is 3.11. The number of ether oxygens (including phenoxy) is 1. The predicted molar refractivity (Wildman–Crippen MR) is 116 cm³/mol. The van der Waals surface area contributed by atoms with E-state index in [-0.39, 0.29) is 24.6 Å². The quantitative estimate of drug-likeness (QED) is 0.527. The van der Waals surface area contributed by atoms with Crippen molar-refractivity contribution in [3.05, 3.63) is 89.2 Å². The Morgan fingerprint density at radius 3 is 2.22 bits per heavy atom. The van der Waals surface area contributed by atoms with E-state index in [1.165, 1.54) is 6.20 Å². The summed E-state index contributed by atoms with van der Waals surface area (Å²) in [5.74, 6) is -2.18. The molecule has 1 aromatic heterocycles. The molecule has 1 heterocycles. The summed E-state index contributed by atoms with van der Waals surface area (Å²) >= 11 is 0. The number of carbonyl (C=O) groups excluding carboxylic acids is 2. The number of amides is 2. The van der Waals surface area contributed by atoms with E-state index in [4.69, 9.17) is 10.5 Å². The summed E-state index contributed by atoms with van der Waals surface area (Å²) in [6.07, 6.45) is 0.369. The van der Waals surface area contributed by atoms with Crippen LogP contribution in [-0.4, -0.2) is 40.7 Å². The van der Waals surface area contributed by atoms with Crippen LogP contribution in [0.15, 0.2) is 66.9 Å². The number of aromatic nitrogens is 1. The van der Waals surface area contributed by atoms with Gasteiger partial charge in [0.25, 0.3) is 5.91 Å². The van der Waals surface area contributed by atoms with Gasteiger partial charge in [-0.25, -0.2) is 9.59 Å². The molecular formula is C24H21N3O5. The molecule has 0 fully saturated rings. The Morgan fingerprint density at radius 2 is 1.62 bits per heavy atom. The van der Waals surface area contributed by atoms with Gasteiger partial charge in [-0.05, 0) is 33.9 Å². The Labute approximate surface area is 184 Å². The number of hydrogen-bond donors (Lipinski definition) is 3. The van der Waals surface area contributed by atoms with Crippen LogP contribution in [0.25, 0.3) is 11.1 Å². The fourth-order valence-corrected chi connectivity index (χ4v) is 4.03. The Kier molecular flexibility index (Phi) is 5.85. The number of nitrogens with one attached hydrogen (secondary N) is 1. The SMILES string of the molecule is NC(=O)c1ncccc1C[C@H](NC(=O)OCC1c2ccccc2-c2ccccc21)C(=O)O. The topological polar surface area (TPSA) is 132 Å². The van der Waals surface area contributed by atoms with Gasteiger partial charge in [-0.3, -0.25) is 9.78 Å². The molecule has 0 unspecified atom stereocenters. The summed E-state index contributed by atoms with van der Waals surface area (Å²) in [7, 11) is 0. The highest BCUT2D eigenvalue weighted by Gasteiger charge is 2.30. The number of aliphatic carboxylic acids is 1. The molecule has 2 amide bonds. The number of benzene rings is 2. The average molecular weight is 431 g/mol. The molecule has 162 valence electrons. The zero-order valence-electron chi connectivity index (χ0n) is 17.0. The normalized spacial score (nSPS) is 13.0. The van der Waals surface area contributed by atoms with E-state index in [2.05, 4.69) is 10.3 Å². The minimum Gasteiger partial charge on any atom is -0.480 e. The number of fused-ring (bicyclic) bond motifs is 3. The van der Waals surface area contributed by atoms with Gasteiger partial charge in [0, 0.05) is 18.5 Å². The first-order valence-corrected chi connectivity index (χ1v) is 10.0. The number of pyridine rings is 1. The molecule has 0 aliphatic heterocycles. The van der Waals surface area contributed by atoms with E-state index in [1.54, 1.807) is 12.1 Å². The van der Waals surface area contributed by atoms with Gasteiger partial charge in [0.1, 0.15) is 18.3 Å². The minimum atomic E-state index is -1.31. The van der Waals surface area contributed by atoms with E-state index in [1.807, 2.05) is 48.5 Å². The van der Waals surface area contributed by atoms with Crippen LogP contribution in [0.1, 0.15) is 33.1 Å². The molecule has 0 spiro atoms. The number of rotatable bonds is 7. The van der Waals surface area contributed by atoms with Gasteiger partial charge in [0.15, 0.2) is 0 Å². The van der Waals surface area contributed by atoms with E-state index in [0.717, 1.165) is 22.3 Å². The highest BCUT2D eigenvalue weighted by Crippen LogP contribution is 2.44. The second-order valence-corrected chi connectivity index (χ2v) is 7.44. The third kappa shape index (κ3) is 4.15. The van der Waals surface area contributed by atoms with Gasteiger partial charge in [0.05, 0.1) is 0 Å². The van der Waals surface area contributed by atoms with Crippen molar-refractivity contribution in [2.24, 2.45) is 5.73 Å². The number of carboxylic acids is 1. The van der Waals surface area contributed by atoms with Crippen molar-refractivity contribution < 1.29 is 24.2 Å². The van der Waals surface area contributed by atoms with Crippen molar-refractivity contribution in [3.63, 3.8) is 0 Å². The monoisotopic (exact) mass is 431 g/mol. The highest BCUT2D eigenvalue weighted by molar-refractivity contribution is 5.92. The van der Waals surface area contributed by atoms with Crippen LogP contribution < -0.4 is 11.1 Å². The summed E-state index contributed by atoms with van der Waals surface area (Å²) < 4.78 is 5.42. The number of alkyl carbamates (subject to hydrolysis) is 1. The van der Waals surface area contributed by atoms with E-state index < -0.39 is 24.0 Å². The minimum absolute atomic E-state index is 0.0342. The van der Waals surface area contributed by atoms with Crippen LogP contribution in [0.2, 0.25) is 0 Å². The van der Waals surface area contributed by atoms with E-state index >= 15 is 0 Å². The largest absolute Gasteiger partial charge is 0.480 e. The van der Waals surface area contributed by atoms with Crippen LogP contribution in [0.4, 0.5) is 4.79 Å². The van der Waals surface area contributed by atoms with Gasteiger partial charge < -0.3 is 20.9 Å². The lowest BCUT2D eigenvalue weighted by molar-refractivity contribution is -0.139. The molecule has 0 saturated carbocycles. The zero-order chi connectivity index (χ0) is 22.7. The van der Waals surface area contributed by atoms with Crippen LogP contribution in [0.3, 0.4) is 0 Å². The lowest BCUT2D eigenvalue weighted by Gasteiger charge is -2.18. The molecule has 2 aromatic carbocycles. The second-order valence-electron chi connectivity index (χ2n) is 7.44. The summed E-state index contributed by atoms with van der Waals surface area (Å²) in [5, 5.41) is 11.9. The highest BCUT2D eigenvalue weighted by atomic mass is 16.5. The molecule has 4 rings (SSSR count). The van der Waals surface area contributed by atoms with Crippen molar-refractivity contribution in [2.45, 2.75) is 18.4 Å². The van der Waals surface area contributed by atoms with Crippen molar-refractivity contribution >= 4 is 18.0 Å². The lowest BCUT2D eigenvalue weighted by Crippen LogP contribution is -2.43. The van der Waals surface area contributed by atoms with Gasteiger partial charge in [0.2, 0.25) is 0 Å². The number of nitrogens with two attached hydrogens (primary N) is 1. The molecule has 1 aliphatic rings. The van der Waals surface area contributed by atoms with E-state index in [9.17, 15) is 19.5 Å². The lowest BCUT2D eigenvalue weighted by atomic mass is 9.98. The third-order valence-corrected chi connectivity index (χ3v) is 5.48. The fraction of sp³-hybridized carbons (Fsp3) is 0.167. The maximum Gasteiger partial charge on any atom is 0.407 e. The maximum atomic E-state index is 12.4. The molecular weight excluding hydrogens is 410 g/mol. The maximum absolute atomic E-state index is 12.4. The van der Waals surface area contributed by atoms with Crippen molar-refractivity contribution in [3.8, 4) is 11.1 Å². The van der Waals surface area contributed by atoms with Crippen molar-refractivity contribution in [1.82, 2.24) is 10.3 Å². The summed E-state index contributed by atoms with van der Waals surface area (Å²) in [5.41, 5.74) is 9.89. The van der Waals surface area contributed by atoms with Gasteiger partial charge in [-0.2, -0.15) is 0 Å². The van der Waals surface area contributed by atoms with Gasteiger partial charge in [-0.1, -0.05) is 54.6 Å². The molecule has 8 nitrogen and oxygen atoms in total. The first-order valence-electron chi connectivity index (χ1n) is 10.0. The second kappa shape index (κ2) is 8.89. The smallest absolute Gasteiger partial charge is 0.407 e. The molecule has 0 bridgehead atoms. The summed E-state index contributed by atoms with van der Waals surface area (Å²) in [6.45, 7) is 0.0611. The molecule has 8 heteroatoms. The molecule has 4 N–H and O–H groups in total.